The van der Waals surface area contributed by atoms with Gasteiger partial charge in [-0.05, 0) is 36.6 Å². The summed E-state index contributed by atoms with van der Waals surface area (Å²) in [5, 5.41) is 14.0. The first-order valence-electron chi connectivity index (χ1n) is 9.56. The lowest BCUT2D eigenvalue weighted by Crippen LogP contribution is -2.15. The number of aromatic nitrogens is 4. The summed E-state index contributed by atoms with van der Waals surface area (Å²) >= 11 is 13.7. The molecule has 3 heterocycles. The van der Waals surface area contributed by atoms with Crippen LogP contribution in [0.2, 0.25) is 10.0 Å². The van der Waals surface area contributed by atoms with Gasteiger partial charge in [0.05, 0.1) is 23.3 Å². The topological polar surface area (TPSA) is 64.7 Å². The van der Waals surface area contributed by atoms with E-state index >= 15 is 0 Å². The van der Waals surface area contributed by atoms with Crippen LogP contribution < -0.4 is 5.32 Å². The normalized spacial score (nSPS) is 11.5. The third kappa shape index (κ3) is 4.24. The Morgan fingerprint density at radius 3 is 2.73 bits per heavy atom. The van der Waals surface area contributed by atoms with Gasteiger partial charge in [0, 0.05) is 28.0 Å². The fourth-order valence-corrected chi connectivity index (χ4v) is 4.78. The summed E-state index contributed by atoms with van der Waals surface area (Å²) in [5.74, 6) is 0.903. The van der Waals surface area contributed by atoms with Gasteiger partial charge in [-0.3, -0.25) is 9.48 Å². The Bertz CT molecular complexity index is 1220. The molecule has 0 fully saturated rings. The molecule has 0 aliphatic rings. The summed E-state index contributed by atoms with van der Waals surface area (Å²) in [4.78, 5) is 14.6. The molecular formula is C21H21Cl2N5OS. The summed E-state index contributed by atoms with van der Waals surface area (Å²) in [6.07, 6.45) is 1.65. The average molecular weight is 462 g/mol. The monoisotopic (exact) mass is 461 g/mol. The van der Waals surface area contributed by atoms with Gasteiger partial charge in [-0.1, -0.05) is 43.1 Å². The highest BCUT2D eigenvalue weighted by molar-refractivity contribution is 7.20. The number of hydrogen-bond acceptors (Lipinski definition) is 4. The Morgan fingerprint density at radius 1 is 1.20 bits per heavy atom. The number of nitrogens with one attached hydrogen (secondary N) is 1. The molecule has 0 saturated carbocycles. The zero-order chi connectivity index (χ0) is 21.4. The zero-order valence-electron chi connectivity index (χ0n) is 16.8. The van der Waals surface area contributed by atoms with Crippen molar-refractivity contribution in [1.29, 1.82) is 0 Å². The van der Waals surface area contributed by atoms with Gasteiger partial charge in [0.25, 0.3) is 5.91 Å². The van der Waals surface area contributed by atoms with Crippen LogP contribution in [0.4, 0.5) is 5.82 Å². The smallest absolute Gasteiger partial charge is 0.266 e. The SMILES string of the molecule is Cc1nn(CC(C)C)c2sc(C(=O)Nc3ccnn3Cc3ccc(Cl)cc3Cl)cc12. The molecule has 0 bridgehead atoms. The fraction of sp³-hybridized carbons (Fsp3) is 0.286. The molecule has 3 aromatic heterocycles. The number of fused-ring (bicyclic) bond motifs is 1. The Hall–Kier alpha value is -2.35. The number of anilines is 1. The highest BCUT2D eigenvalue weighted by Gasteiger charge is 2.18. The molecule has 1 N–H and O–H groups in total. The van der Waals surface area contributed by atoms with Crippen LogP contribution in [0.3, 0.4) is 0 Å². The van der Waals surface area contributed by atoms with Crippen molar-refractivity contribution in [1.82, 2.24) is 19.6 Å². The number of carbonyl (C=O) groups excluding carboxylic acids is 1. The molecule has 0 spiro atoms. The van der Waals surface area contributed by atoms with Gasteiger partial charge in [0.2, 0.25) is 0 Å². The molecule has 4 rings (SSSR count). The molecule has 1 amide bonds. The van der Waals surface area contributed by atoms with E-state index in [1.807, 2.05) is 23.7 Å². The minimum absolute atomic E-state index is 0.171. The summed E-state index contributed by atoms with van der Waals surface area (Å²) in [5.41, 5.74) is 1.80. The predicted molar refractivity (Wildman–Crippen MR) is 123 cm³/mol. The van der Waals surface area contributed by atoms with E-state index in [9.17, 15) is 4.79 Å². The Morgan fingerprint density at radius 2 is 2.00 bits per heavy atom. The van der Waals surface area contributed by atoms with Crippen LogP contribution in [0.1, 0.15) is 34.8 Å². The van der Waals surface area contributed by atoms with Gasteiger partial charge in [-0.2, -0.15) is 10.2 Å². The molecule has 9 heteroatoms. The molecule has 6 nitrogen and oxygen atoms in total. The summed E-state index contributed by atoms with van der Waals surface area (Å²) < 4.78 is 3.69. The lowest BCUT2D eigenvalue weighted by atomic mass is 10.2. The van der Waals surface area contributed by atoms with Crippen molar-refractivity contribution < 1.29 is 4.79 Å². The second-order valence-corrected chi connectivity index (χ2v) is 9.43. The van der Waals surface area contributed by atoms with Gasteiger partial charge in [-0.25, -0.2) is 4.68 Å². The maximum absolute atomic E-state index is 12.9. The van der Waals surface area contributed by atoms with Gasteiger partial charge >= 0.3 is 0 Å². The Labute approximate surface area is 188 Å². The number of rotatable bonds is 6. The van der Waals surface area contributed by atoms with Crippen molar-refractivity contribution in [2.45, 2.75) is 33.9 Å². The minimum Gasteiger partial charge on any atom is -0.306 e. The molecule has 4 aromatic rings. The molecule has 0 aliphatic carbocycles. The van der Waals surface area contributed by atoms with Crippen LogP contribution in [-0.2, 0) is 13.1 Å². The van der Waals surface area contributed by atoms with E-state index in [2.05, 4.69) is 29.4 Å². The van der Waals surface area contributed by atoms with E-state index in [1.165, 1.54) is 11.3 Å². The number of nitrogens with zero attached hydrogens (tertiary/aromatic N) is 4. The predicted octanol–water partition coefficient (Wildman–Crippen LogP) is 5.87. The molecular weight excluding hydrogens is 441 g/mol. The standard InChI is InChI=1S/C21H21Cl2N5OS/c1-12(2)10-28-21-16(13(3)26-28)9-18(30-21)20(29)25-19-6-7-24-27(19)11-14-4-5-15(22)8-17(14)23/h4-9,12H,10-11H2,1-3H3,(H,25,29). The summed E-state index contributed by atoms with van der Waals surface area (Å²) in [7, 11) is 0. The summed E-state index contributed by atoms with van der Waals surface area (Å²) in [6.45, 7) is 7.52. The second-order valence-electron chi connectivity index (χ2n) is 7.55. The number of carbonyl (C=O) groups is 1. The van der Waals surface area contributed by atoms with E-state index in [4.69, 9.17) is 23.2 Å². The highest BCUT2D eigenvalue weighted by atomic mass is 35.5. The Kier molecular flexibility index (Phi) is 5.86. The minimum atomic E-state index is -0.171. The van der Waals surface area contributed by atoms with E-state index in [0.29, 0.717) is 33.2 Å². The molecule has 30 heavy (non-hydrogen) atoms. The van der Waals surface area contributed by atoms with E-state index in [1.54, 1.807) is 29.1 Å². The van der Waals surface area contributed by atoms with Crippen LogP contribution >= 0.6 is 34.5 Å². The average Bonchev–Trinajstić information content (AvgIpc) is 3.36. The van der Waals surface area contributed by atoms with Gasteiger partial charge in [0.1, 0.15) is 10.6 Å². The molecule has 156 valence electrons. The second kappa shape index (κ2) is 8.41. The van der Waals surface area contributed by atoms with E-state index in [0.717, 1.165) is 28.0 Å². The first-order chi connectivity index (χ1) is 14.3. The van der Waals surface area contributed by atoms with Gasteiger partial charge in [-0.15, -0.1) is 11.3 Å². The zero-order valence-corrected chi connectivity index (χ0v) is 19.1. The third-order valence-electron chi connectivity index (χ3n) is 4.66. The first kappa shape index (κ1) is 20.9. The van der Waals surface area contributed by atoms with Crippen LogP contribution in [0.5, 0.6) is 0 Å². The van der Waals surface area contributed by atoms with Crippen molar-refractivity contribution in [2.24, 2.45) is 5.92 Å². The number of aryl methyl sites for hydroxylation is 1. The molecule has 0 aliphatic heterocycles. The van der Waals surface area contributed by atoms with Crippen LogP contribution in [0.15, 0.2) is 36.5 Å². The number of halogens is 2. The van der Waals surface area contributed by atoms with Crippen molar-refractivity contribution in [3.63, 3.8) is 0 Å². The van der Waals surface area contributed by atoms with Crippen LogP contribution in [0.25, 0.3) is 10.2 Å². The van der Waals surface area contributed by atoms with Crippen molar-refractivity contribution in [2.75, 3.05) is 5.32 Å². The van der Waals surface area contributed by atoms with Gasteiger partial charge < -0.3 is 5.32 Å². The lowest BCUT2D eigenvalue weighted by molar-refractivity contribution is 0.102. The molecule has 0 saturated heterocycles. The molecule has 0 atom stereocenters. The number of hydrogen-bond donors (Lipinski definition) is 1. The van der Waals surface area contributed by atoms with Crippen molar-refractivity contribution in [3.05, 3.63) is 62.7 Å². The fourth-order valence-electron chi connectivity index (χ4n) is 3.25. The largest absolute Gasteiger partial charge is 0.306 e. The quantitative estimate of drug-likeness (QED) is 0.390. The van der Waals surface area contributed by atoms with Crippen molar-refractivity contribution >= 4 is 56.5 Å². The molecule has 0 unspecified atom stereocenters. The Balaban J connectivity index is 1.56. The maximum Gasteiger partial charge on any atom is 0.266 e. The molecule has 1 aromatic carbocycles. The summed E-state index contributed by atoms with van der Waals surface area (Å²) in [6, 6.07) is 9.00. The maximum atomic E-state index is 12.9. The number of amides is 1. The molecule has 0 radical (unpaired) electrons. The van der Waals surface area contributed by atoms with E-state index < -0.39 is 0 Å². The first-order valence-corrected chi connectivity index (χ1v) is 11.1. The van der Waals surface area contributed by atoms with Crippen molar-refractivity contribution in [3.8, 4) is 0 Å². The van der Waals surface area contributed by atoms with Crippen LogP contribution in [0, 0.1) is 12.8 Å². The van der Waals surface area contributed by atoms with Crippen LogP contribution in [-0.4, -0.2) is 25.5 Å². The van der Waals surface area contributed by atoms with E-state index in [-0.39, 0.29) is 5.91 Å². The highest BCUT2D eigenvalue weighted by Crippen LogP contribution is 2.29. The number of benzene rings is 1. The number of thiophene rings is 1. The lowest BCUT2D eigenvalue weighted by Gasteiger charge is -2.10. The third-order valence-corrected chi connectivity index (χ3v) is 6.40. The van der Waals surface area contributed by atoms with Gasteiger partial charge in [0.15, 0.2) is 0 Å².